The van der Waals surface area contributed by atoms with E-state index in [1.807, 2.05) is 24.1 Å². The number of benzene rings is 1. The number of aromatic nitrogens is 1. The zero-order chi connectivity index (χ0) is 22.5. The van der Waals surface area contributed by atoms with Crippen molar-refractivity contribution < 1.29 is 8.78 Å². The Hall–Kier alpha value is -2.73. The average molecular weight is 451 g/mol. The second-order valence-electron chi connectivity index (χ2n) is 8.24. The first-order valence-electron chi connectivity index (χ1n) is 10.8. The molecular weight excluding hydrogens is 427 g/mol. The van der Waals surface area contributed by atoms with E-state index in [1.165, 1.54) is 5.56 Å². The van der Waals surface area contributed by atoms with Crippen LogP contribution in [0.1, 0.15) is 36.1 Å². The maximum absolute atomic E-state index is 12.8. The third-order valence-electron chi connectivity index (χ3n) is 5.79. The van der Waals surface area contributed by atoms with Crippen LogP contribution >= 0.6 is 11.9 Å². The van der Waals surface area contributed by atoms with Gasteiger partial charge >= 0.3 is 0 Å². The molecule has 0 amide bonds. The lowest BCUT2D eigenvalue weighted by atomic mass is 9.43. The lowest BCUT2D eigenvalue weighted by Gasteiger charge is -2.30. The molecule has 2 aromatic rings. The Kier molecular flexibility index (Phi) is 7.20. The van der Waals surface area contributed by atoms with Crippen LogP contribution in [-0.2, 0) is 6.54 Å². The highest BCUT2D eigenvalue weighted by molar-refractivity contribution is 8.01. The molecule has 0 aliphatic carbocycles. The topological polar surface area (TPSA) is 64.6 Å². The van der Waals surface area contributed by atoms with Crippen molar-refractivity contribution in [3.63, 3.8) is 0 Å². The van der Waals surface area contributed by atoms with E-state index in [0.29, 0.717) is 17.5 Å². The Labute approximate surface area is 191 Å². The molecule has 1 fully saturated rings. The predicted molar refractivity (Wildman–Crippen MR) is 128 cm³/mol. The molecule has 1 aromatic carbocycles. The SMILES string of the molecule is Cc1cccc(N(Cc2ccc(C3=NN=C(C(F)F)C3)cn2)SC2CCB(C#N)CC2)c1. The average Bonchev–Trinajstić information content (AvgIpc) is 3.30. The van der Waals surface area contributed by atoms with Gasteiger partial charge in [0.05, 0.1) is 18.0 Å². The van der Waals surface area contributed by atoms with E-state index in [4.69, 9.17) is 0 Å². The lowest BCUT2D eigenvalue weighted by Crippen LogP contribution is -2.26. The van der Waals surface area contributed by atoms with Gasteiger partial charge in [0.15, 0.2) is 0 Å². The molecule has 2 aliphatic rings. The van der Waals surface area contributed by atoms with Crippen LogP contribution in [0, 0.1) is 18.2 Å². The fourth-order valence-corrected chi connectivity index (χ4v) is 5.22. The van der Waals surface area contributed by atoms with Gasteiger partial charge in [0, 0.05) is 35.1 Å². The largest absolute Gasteiger partial charge is 0.310 e. The van der Waals surface area contributed by atoms with Crippen molar-refractivity contribution in [2.24, 2.45) is 10.2 Å². The fraction of sp³-hybridized carbons (Fsp3) is 0.391. The van der Waals surface area contributed by atoms with Gasteiger partial charge in [0.1, 0.15) is 5.71 Å². The molecule has 5 nitrogen and oxygen atoms in total. The molecule has 0 unspecified atom stereocenters. The van der Waals surface area contributed by atoms with Gasteiger partial charge in [-0.25, -0.2) is 14.0 Å². The first-order valence-corrected chi connectivity index (χ1v) is 11.6. The van der Waals surface area contributed by atoms with Crippen LogP contribution in [0.2, 0.25) is 12.6 Å². The molecule has 0 radical (unpaired) electrons. The summed E-state index contributed by atoms with van der Waals surface area (Å²) in [6, 6.07) is 12.2. The maximum Gasteiger partial charge on any atom is 0.278 e. The van der Waals surface area contributed by atoms with E-state index < -0.39 is 6.43 Å². The molecule has 9 heteroatoms. The van der Waals surface area contributed by atoms with Crippen LogP contribution in [0.3, 0.4) is 0 Å². The number of pyridine rings is 1. The Morgan fingerprint density at radius 1 is 1.22 bits per heavy atom. The zero-order valence-electron chi connectivity index (χ0n) is 17.9. The summed E-state index contributed by atoms with van der Waals surface area (Å²) in [6.45, 7) is 2.88. The number of hydrogen-bond donors (Lipinski definition) is 0. The van der Waals surface area contributed by atoms with Crippen LogP contribution in [-0.4, -0.2) is 34.8 Å². The van der Waals surface area contributed by atoms with Crippen molar-refractivity contribution in [2.45, 2.75) is 57.0 Å². The number of hydrogen-bond acceptors (Lipinski definition) is 6. The summed E-state index contributed by atoms with van der Waals surface area (Å²) in [5.74, 6) is 2.40. The van der Waals surface area contributed by atoms with Gasteiger partial charge in [-0.05, 0) is 61.5 Å². The third-order valence-corrected chi connectivity index (χ3v) is 7.15. The highest BCUT2D eigenvalue weighted by Crippen LogP contribution is 2.35. The highest BCUT2D eigenvalue weighted by atomic mass is 32.2. The van der Waals surface area contributed by atoms with Crippen molar-refractivity contribution in [2.75, 3.05) is 4.31 Å². The molecule has 0 saturated carbocycles. The molecule has 32 heavy (non-hydrogen) atoms. The minimum Gasteiger partial charge on any atom is -0.310 e. The van der Waals surface area contributed by atoms with E-state index in [9.17, 15) is 14.0 Å². The standard InChI is InChI=1S/C23H24BF2N5S/c1-16-3-2-4-19(11-16)31(32-20-7-9-24(15-27)10-8-20)14-18-6-5-17(13-28-18)21-12-22(23(25)26)30-29-21/h2-6,11,13,20,23H,7-10,12,14H2,1H3. The van der Waals surface area contributed by atoms with Gasteiger partial charge < -0.3 is 4.31 Å². The van der Waals surface area contributed by atoms with Crippen molar-refractivity contribution in [1.82, 2.24) is 4.98 Å². The molecule has 1 saturated heterocycles. The van der Waals surface area contributed by atoms with E-state index in [2.05, 4.69) is 56.6 Å². The fourth-order valence-electron chi connectivity index (χ4n) is 3.93. The molecular formula is C23H24BF2N5S. The van der Waals surface area contributed by atoms with Crippen molar-refractivity contribution in [3.05, 3.63) is 59.4 Å². The van der Waals surface area contributed by atoms with E-state index >= 15 is 0 Å². The molecule has 0 N–H and O–H groups in total. The second-order valence-corrected chi connectivity index (χ2v) is 9.56. The number of anilines is 1. The normalized spacial score (nSPS) is 16.7. The van der Waals surface area contributed by atoms with Gasteiger partial charge in [0.2, 0.25) is 0 Å². The first kappa shape index (κ1) is 22.5. The summed E-state index contributed by atoms with van der Waals surface area (Å²) in [6.07, 6.45) is 3.14. The van der Waals surface area contributed by atoms with Gasteiger partial charge in [-0.15, -0.1) is 0 Å². The minimum atomic E-state index is -2.58. The molecule has 0 spiro atoms. The maximum atomic E-state index is 12.8. The Morgan fingerprint density at radius 3 is 2.66 bits per heavy atom. The Bertz CT molecular complexity index is 1040. The minimum absolute atomic E-state index is 0.0648. The van der Waals surface area contributed by atoms with Crippen molar-refractivity contribution >= 4 is 35.8 Å². The molecule has 2 aliphatic heterocycles. The summed E-state index contributed by atoms with van der Waals surface area (Å²) < 4.78 is 27.9. The molecule has 164 valence electrons. The number of alkyl halides is 2. The molecule has 3 heterocycles. The number of rotatable bonds is 7. The van der Waals surface area contributed by atoms with Crippen molar-refractivity contribution in [1.29, 1.82) is 5.26 Å². The number of halogens is 2. The lowest BCUT2D eigenvalue weighted by molar-refractivity contribution is 0.224. The molecule has 0 atom stereocenters. The Morgan fingerprint density at radius 2 is 2.03 bits per heavy atom. The summed E-state index contributed by atoms with van der Waals surface area (Å²) in [5.41, 5.74) is 4.26. The first-order chi connectivity index (χ1) is 15.5. The predicted octanol–water partition coefficient (Wildman–Crippen LogP) is 5.58. The van der Waals surface area contributed by atoms with E-state index in [-0.39, 0.29) is 18.8 Å². The van der Waals surface area contributed by atoms with Crippen LogP contribution < -0.4 is 4.31 Å². The smallest absolute Gasteiger partial charge is 0.278 e. The number of nitrogens with zero attached hydrogens (tertiary/aromatic N) is 5. The van der Waals surface area contributed by atoms with Crippen LogP contribution in [0.4, 0.5) is 14.5 Å². The van der Waals surface area contributed by atoms with Gasteiger partial charge in [-0.2, -0.15) is 10.2 Å². The molecule has 4 rings (SSSR count). The van der Waals surface area contributed by atoms with Gasteiger partial charge in [-0.3, -0.25) is 4.98 Å². The van der Waals surface area contributed by atoms with Crippen LogP contribution in [0.5, 0.6) is 0 Å². The summed E-state index contributed by atoms with van der Waals surface area (Å²) in [4.78, 5) is 4.58. The zero-order valence-corrected chi connectivity index (χ0v) is 18.7. The van der Waals surface area contributed by atoms with Crippen LogP contribution in [0.15, 0.2) is 52.8 Å². The van der Waals surface area contributed by atoms with Gasteiger partial charge in [-0.1, -0.05) is 24.8 Å². The van der Waals surface area contributed by atoms with Gasteiger partial charge in [0.25, 0.3) is 13.1 Å². The van der Waals surface area contributed by atoms with Crippen molar-refractivity contribution in [3.8, 4) is 5.97 Å². The number of aryl methyl sites for hydroxylation is 1. The van der Waals surface area contributed by atoms with E-state index in [0.717, 1.165) is 42.4 Å². The highest BCUT2D eigenvalue weighted by Gasteiger charge is 2.27. The molecule has 0 bridgehead atoms. The number of nitriles is 1. The summed E-state index contributed by atoms with van der Waals surface area (Å²) in [7, 11) is 0. The Balaban J connectivity index is 1.46. The second kappa shape index (κ2) is 10.3. The summed E-state index contributed by atoms with van der Waals surface area (Å²) in [5, 5.41) is 17.1. The quantitative estimate of drug-likeness (QED) is 0.407. The summed E-state index contributed by atoms with van der Waals surface area (Å²) >= 11 is 1.83. The van der Waals surface area contributed by atoms with Crippen LogP contribution in [0.25, 0.3) is 0 Å². The monoisotopic (exact) mass is 451 g/mol. The third kappa shape index (κ3) is 5.54. The van der Waals surface area contributed by atoms with E-state index in [1.54, 1.807) is 6.20 Å². The molecule has 1 aromatic heterocycles.